The molecule has 0 spiro atoms. The maximum absolute atomic E-state index is 5.99. The molecular weight excluding hydrogens is 460 g/mol. The van der Waals surface area contributed by atoms with Crippen molar-refractivity contribution < 1.29 is 37.4 Å². The zero-order valence-corrected chi connectivity index (χ0v) is 21.6. The monoisotopic (exact) mass is 489 g/mol. The zero-order chi connectivity index (χ0) is 21.1. The van der Waals surface area contributed by atoms with Crippen molar-refractivity contribution in [1.29, 1.82) is 0 Å². The summed E-state index contributed by atoms with van der Waals surface area (Å²) < 4.78 is 5.99. The first-order valence-electron chi connectivity index (χ1n) is 9.53. The number of hydrogen-bond acceptors (Lipinski definition) is 1. The van der Waals surface area contributed by atoms with Gasteiger partial charge >= 0.3 is 32.7 Å². The Hall–Kier alpha value is -1.63. The SMILES string of the molecule is C=C([CH2-])C.[CH-]=C(C)COC=P(c1ccccc1)(c1ccccc1)c1ccccc1.[Y+3]. The molecule has 0 N–H and O–H groups in total. The topological polar surface area (TPSA) is 9.23 Å². The standard InChI is InChI=1S/C23H22OP.C4H7.Y/c1-20(2)18-24-19-25(21-12-6-3-7-13-21,22-14-8-4-9-15-22)23-16-10-5-11-17-23;1-4(2)3;/h1,3-17,19H,18H2,2H3;1-2H2,3H3;/q2*-1;+3. The van der Waals surface area contributed by atoms with E-state index in [1.807, 2.05) is 38.0 Å². The second-order valence-electron chi connectivity index (χ2n) is 6.95. The normalized spacial score (nSPS) is 10.1. The Balaban J connectivity index is 0.000000827. The average molecular weight is 489 g/mol. The van der Waals surface area contributed by atoms with Gasteiger partial charge in [0.2, 0.25) is 0 Å². The summed E-state index contributed by atoms with van der Waals surface area (Å²) in [6.07, 6.45) is 0. The quantitative estimate of drug-likeness (QED) is 0.327. The Morgan fingerprint density at radius 2 is 1.13 bits per heavy atom. The zero-order valence-electron chi connectivity index (χ0n) is 17.9. The summed E-state index contributed by atoms with van der Waals surface area (Å²) in [7, 11) is 0. The predicted octanol–water partition coefficient (Wildman–Crippen LogP) is 5.53. The van der Waals surface area contributed by atoms with Crippen LogP contribution in [0.4, 0.5) is 0 Å². The van der Waals surface area contributed by atoms with Crippen molar-refractivity contribution in [3.05, 3.63) is 122 Å². The van der Waals surface area contributed by atoms with E-state index >= 15 is 0 Å². The van der Waals surface area contributed by atoms with Crippen LogP contribution in [0.5, 0.6) is 0 Å². The van der Waals surface area contributed by atoms with Crippen LogP contribution in [0, 0.1) is 13.5 Å². The summed E-state index contributed by atoms with van der Waals surface area (Å²) in [6.45, 7) is 14.8. The summed E-state index contributed by atoms with van der Waals surface area (Å²) in [6, 6.07) is 31.8. The molecule has 0 saturated heterocycles. The first-order valence-corrected chi connectivity index (χ1v) is 11.4. The van der Waals surface area contributed by atoms with Crippen LogP contribution in [-0.4, -0.2) is 12.6 Å². The van der Waals surface area contributed by atoms with Crippen LogP contribution in [0.3, 0.4) is 0 Å². The van der Waals surface area contributed by atoms with E-state index in [-0.39, 0.29) is 32.7 Å². The second kappa shape index (κ2) is 13.6. The van der Waals surface area contributed by atoms with E-state index in [0.717, 1.165) is 11.1 Å². The molecular formula is C27H29OPY+. The van der Waals surface area contributed by atoms with Gasteiger partial charge in [0, 0.05) is 12.6 Å². The van der Waals surface area contributed by atoms with Crippen LogP contribution < -0.4 is 15.9 Å². The minimum atomic E-state index is -2.03. The molecule has 0 amide bonds. The predicted molar refractivity (Wildman–Crippen MR) is 131 cm³/mol. The minimum Gasteiger partial charge on any atom is -0.512 e. The fourth-order valence-electron chi connectivity index (χ4n) is 2.90. The molecule has 3 rings (SSSR count). The Morgan fingerprint density at radius 3 is 1.40 bits per heavy atom. The number of allylic oxidation sites excluding steroid dienone is 1. The van der Waals surface area contributed by atoms with Crippen LogP contribution in [-0.2, 0) is 37.4 Å². The van der Waals surface area contributed by atoms with E-state index in [2.05, 4.69) is 86.3 Å². The molecule has 0 atom stereocenters. The van der Waals surface area contributed by atoms with Crippen molar-refractivity contribution >= 4 is 28.8 Å². The van der Waals surface area contributed by atoms with Crippen molar-refractivity contribution in [2.24, 2.45) is 0 Å². The number of hydrogen-bond donors (Lipinski definition) is 0. The van der Waals surface area contributed by atoms with Gasteiger partial charge in [-0.3, -0.25) is 0 Å². The molecule has 30 heavy (non-hydrogen) atoms. The first kappa shape index (κ1) is 26.4. The van der Waals surface area contributed by atoms with Crippen LogP contribution >= 0.6 is 6.89 Å². The number of ether oxygens (including phenoxy) is 1. The molecule has 0 unspecified atom stereocenters. The van der Waals surface area contributed by atoms with Gasteiger partial charge in [0.15, 0.2) is 0 Å². The van der Waals surface area contributed by atoms with Gasteiger partial charge in [0.25, 0.3) is 0 Å². The second-order valence-corrected chi connectivity index (χ2v) is 10.2. The summed E-state index contributed by atoms with van der Waals surface area (Å²) in [5, 5.41) is 3.80. The molecule has 3 aromatic carbocycles. The van der Waals surface area contributed by atoms with Crippen molar-refractivity contribution in [3.63, 3.8) is 0 Å². The summed E-state index contributed by atoms with van der Waals surface area (Å²) >= 11 is 0. The maximum Gasteiger partial charge on any atom is 3.00 e. The van der Waals surface area contributed by atoms with Gasteiger partial charge in [-0.1, -0.05) is 105 Å². The van der Waals surface area contributed by atoms with E-state index in [1.165, 1.54) is 15.9 Å². The fraction of sp³-hybridized carbons (Fsp3) is 0.111. The molecule has 0 bridgehead atoms. The van der Waals surface area contributed by atoms with Gasteiger partial charge in [0.1, 0.15) is 0 Å². The first-order chi connectivity index (χ1) is 14.0. The molecule has 0 aliphatic heterocycles. The molecule has 0 aliphatic carbocycles. The van der Waals surface area contributed by atoms with E-state index in [1.54, 1.807) is 0 Å². The van der Waals surface area contributed by atoms with Gasteiger partial charge in [-0.05, 0) is 22.8 Å². The van der Waals surface area contributed by atoms with Gasteiger partial charge < -0.3 is 11.3 Å². The summed E-state index contributed by atoms with van der Waals surface area (Å²) in [4.78, 5) is 0. The van der Waals surface area contributed by atoms with E-state index in [9.17, 15) is 0 Å². The Labute approximate surface area is 207 Å². The van der Waals surface area contributed by atoms with Crippen LogP contribution in [0.1, 0.15) is 13.8 Å². The largest absolute Gasteiger partial charge is 3.00 e. The molecule has 150 valence electrons. The fourth-order valence-corrected chi connectivity index (χ4v) is 6.38. The summed E-state index contributed by atoms with van der Waals surface area (Å²) in [5.41, 5.74) is 1.68. The molecule has 0 aliphatic rings. The average Bonchev–Trinajstić information content (AvgIpc) is 2.73. The number of rotatable bonds is 6. The Morgan fingerprint density at radius 1 is 0.833 bits per heavy atom. The van der Waals surface area contributed by atoms with Gasteiger partial charge in [-0.2, -0.15) is 0 Å². The van der Waals surface area contributed by atoms with Crippen LogP contribution in [0.2, 0.25) is 0 Å². The van der Waals surface area contributed by atoms with E-state index in [0.29, 0.717) is 6.61 Å². The maximum atomic E-state index is 5.99. The smallest absolute Gasteiger partial charge is 0.512 e. The molecule has 0 aromatic heterocycles. The third-order valence-electron chi connectivity index (χ3n) is 4.03. The Kier molecular flexibility index (Phi) is 12.0. The van der Waals surface area contributed by atoms with Crippen molar-refractivity contribution in [2.45, 2.75) is 13.8 Å². The molecule has 0 saturated carbocycles. The molecule has 0 fully saturated rings. The van der Waals surface area contributed by atoms with Gasteiger partial charge in [-0.25, -0.2) is 24.6 Å². The molecule has 3 heteroatoms. The van der Waals surface area contributed by atoms with Crippen molar-refractivity contribution in [2.75, 3.05) is 6.61 Å². The third-order valence-corrected chi connectivity index (χ3v) is 7.84. The number of benzene rings is 3. The van der Waals surface area contributed by atoms with Gasteiger partial charge in [0.05, 0.1) is 0 Å². The molecule has 1 nitrogen and oxygen atoms in total. The van der Waals surface area contributed by atoms with E-state index in [4.69, 9.17) is 11.3 Å². The molecule has 3 aromatic rings. The van der Waals surface area contributed by atoms with Crippen LogP contribution in [0.25, 0.3) is 0 Å². The third kappa shape index (κ3) is 7.57. The summed E-state index contributed by atoms with van der Waals surface area (Å²) in [5.74, 6) is 2.03. The van der Waals surface area contributed by atoms with Gasteiger partial charge in [-0.15, -0.1) is 0 Å². The molecule has 0 radical (unpaired) electrons. The Bertz CT molecular complexity index is 856. The minimum absolute atomic E-state index is 0. The molecule has 0 heterocycles. The van der Waals surface area contributed by atoms with Crippen LogP contribution in [0.15, 0.2) is 109 Å². The van der Waals surface area contributed by atoms with Crippen molar-refractivity contribution in [1.82, 2.24) is 0 Å². The van der Waals surface area contributed by atoms with Crippen molar-refractivity contribution in [3.8, 4) is 0 Å². The van der Waals surface area contributed by atoms with E-state index < -0.39 is 6.89 Å².